The summed E-state index contributed by atoms with van der Waals surface area (Å²) < 4.78 is 0. The second kappa shape index (κ2) is 4.55. The summed E-state index contributed by atoms with van der Waals surface area (Å²) in [5.41, 5.74) is 0.553. The summed E-state index contributed by atoms with van der Waals surface area (Å²) in [7, 11) is 0. The molecule has 2 N–H and O–H groups in total. The summed E-state index contributed by atoms with van der Waals surface area (Å²) in [5.74, 6) is -0.409. The van der Waals surface area contributed by atoms with Crippen molar-refractivity contribution in [3.8, 4) is 0 Å². The molecule has 1 aliphatic carbocycles. The van der Waals surface area contributed by atoms with Crippen molar-refractivity contribution in [3.05, 3.63) is 22.4 Å². The Labute approximate surface area is 99.5 Å². The van der Waals surface area contributed by atoms with Crippen LogP contribution in [0.4, 0.5) is 0 Å². The highest BCUT2D eigenvalue weighted by molar-refractivity contribution is 7.07. The quantitative estimate of drug-likeness (QED) is 0.799. The lowest BCUT2D eigenvalue weighted by Gasteiger charge is -2.26. The third-order valence-corrected chi connectivity index (χ3v) is 4.06. The summed E-state index contributed by atoms with van der Waals surface area (Å²) in [6, 6.07) is 2.08. The van der Waals surface area contributed by atoms with E-state index in [2.05, 4.69) is 16.8 Å². The van der Waals surface area contributed by atoms with Crippen molar-refractivity contribution in [2.45, 2.75) is 31.7 Å². The molecule has 0 amide bonds. The molecule has 88 valence electrons. The van der Waals surface area contributed by atoms with E-state index in [0.717, 1.165) is 25.8 Å². The second-order valence-electron chi connectivity index (χ2n) is 4.59. The molecule has 1 fully saturated rings. The monoisotopic (exact) mass is 239 g/mol. The first kappa shape index (κ1) is 11.6. The van der Waals surface area contributed by atoms with Crippen LogP contribution in [0.5, 0.6) is 0 Å². The molecule has 0 bridgehead atoms. The summed E-state index contributed by atoms with van der Waals surface area (Å²) >= 11 is 1.68. The average molecular weight is 239 g/mol. The Kier molecular flexibility index (Phi) is 3.30. The van der Waals surface area contributed by atoms with Crippen LogP contribution >= 0.6 is 11.3 Å². The van der Waals surface area contributed by atoms with Gasteiger partial charge < -0.3 is 10.4 Å². The molecule has 0 spiro atoms. The molecular weight excluding hydrogens is 222 g/mol. The van der Waals surface area contributed by atoms with Gasteiger partial charge in [0, 0.05) is 6.54 Å². The van der Waals surface area contributed by atoms with Gasteiger partial charge in [0.2, 0.25) is 0 Å². The van der Waals surface area contributed by atoms with Crippen LogP contribution in [0.1, 0.15) is 25.3 Å². The van der Waals surface area contributed by atoms with E-state index in [9.17, 15) is 9.90 Å². The van der Waals surface area contributed by atoms with Gasteiger partial charge in [0.05, 0.1) is 0 Å². The number of carbonyl (C=O) groups is 1. The normalized spacial score (nSPS) is 19.3. The fourth-order valence-corrected chi connectivity index (χ4v) is 2.66. The number of nitrogens with one attached hydrogen (secondary N) is 1. The zero-order chi connectivity index (χ0) is 11.6. The van der Waals surface area contributed by atoms with Crippen molar-refractivity contribution in [1.29, 1.82) is 0 Å². The van der Waals surface area contributed by atoms with Gasteiger partial charge in [-0.3, -0.25) is 4.79 Å². The van der Waals surface area contributed by atoms with Gasteiger partial charge in [0.15, 0.2) is 0 Å². The van der Waals surface area contributed by atoms with Gasteiger partial charge in [0.1, 0.15) is 5.54 Å². The number of carboxylic acid groups (broad SMARTS) is 1. The van der Waals surface area contributed by atoms with E-state index in [1.807, 2.05) is 5.38 Å². The van der Waals surface area contributed by atoms with E-state index in [1.165, 1.54) is 5.56 Å². The Morgan fingerprint density at radius 3 is 2.94 bits per heavy atom. The highest BCUT2D eigenvalue weighted by atomic mass is 32.1. The minimum absolute atomic E-state index is 0.312. The van der Waals surface area contributed by atoms with Crippen molar-refractivity contribution in [2.75, 3.05) is 6.54 Å². The first-order valence-corrected chi connectivity index (χ1v) is 6.56. The van der Waals surface area contributed by atoms with Gasteiger partial charge in [-0.05, 0) is 54.5 Å². The van der Waals surface area contributed by atoms with Crippen LogP contribution in [0.3, 0.4) is 0 Å². The van der Waals surface area contributed by atoms with E-state index in [-0.39, 0.29) is 0 Å². The molecule has 1 aromatic heterocycles. The molecule has 1 aliphatic rings. The van der Waals surface area contributed by atoms with Crippen LogP contribution in [0.25, 0.3) is 0 Å². The van der Waals surface area contributed by atoms with Gasteiger partial charge in [-0.1, -0.05) is 0 Å². The fourth-order valence-electron chi connectivity index (χ4n) is 1.96. The molecule has 1 unspecified atom stereocenters. The van der Waals surface area contributed by atoms with Crippen molar-refractivity contribution >= 4 is 17.3 Å². The zero-order valence-electron chi connectivity index (χ0n) is 9.40. The van der Waals surface area contributed by atoms with Crippen molar-refractivity contribution < 1.29 is 9.90 Å². The molecule has 1 aromatic rings. The average Bonchev–Trinajstić information content (AvgIpc) is 2.98. The van der Waals surface area contributed by atoms with Crippen LogP contribution in [-0.2, 0) is 11.2 Å². The van der Waals surface area contributed by atoms with Gasteiger partial charge >= 0.3 is 5.97 Å². The molecule has 1 heterocycles. The van der Waals surface area contributed by atoms with Crippen LogP contribution in [0.2, 0.25) is 0 Å². The smallest absolute Gasteiger partial charge is 0.323 e. The van der Waals surface area contributed by atoms with E-state index in [4.69, 9.17) is 0 Å². The van der Waals surface area contributed by atoms with Crippen LogP contribution in [-0.4, -0.2) is 23.2 Å². The van der Waals surface area contributed by atoms with E-state index < -0.39 is 11.5 Å². The minimum atomic E-state index is -0.726. The van der Waals surface area contributed by atoms with E-state index in [0.29, 0.717) is 5.92 Å². The standard InChI is InChI=1S/C12H17NO2S/c1-12(11(14)15,10-2-3-10)13-6-4-9-5-7-16-8-9/h5,7-8,10,13H,2-4,6H2,1H3,(H,14,15). The van der Waals surface area contributed by atoms with Crippen molar-refractivity contribution in [1.82, 2.24) is 5.32 Å². The lowest BCUT2D eigenvalue weighted by atomic mass is 9.96. The van der Waals surface area contributed by atoms with Gasteiger partial charge in [-0.15, -0.1) is 0 Å². The number of carboxylic acids is 1. The SMILES string of the molecule is CC(NCCc1ccsc1)(C(=O)O)C1CC1. The second-order valence-corrected chi connectivity index (χ2v) is 5.37. The first-order valence-electron chi connectivity index (χ1n) is 5.62. The molecule has 16 heavy (non-hydrogen) atoms. The van der Waals surface area contributed by atoms with Crippen molar-refractivity contribution in [3.63, 3.8) is 0 Å². The molecule has 4 heteroatoms. The maximum atomic E-state index is 11.2. The predicted molar refractivity (Wildman–Crippen MR) is 64.8 cm³/mol. The van der Waals surface area contributed by atoms with Crippen molar-refractivity contribution in [2.24, 2.45) is 5.92 Å². The lowest BCUT2D eigenvalue weighted by Crippen LogP contribution is -2.52. The largest absolute Gasteiger partial charge is 0.480 e. The summed E-state index contributed by atoms with van der Waals surface area (Å²) in [4.78, 5) is 11.2. The highest BCUT2D eigenvalue weighted by Gasteiger charge is 2.46. The third kappa shape index (κ3) is 2.44. The summed E-state index contributed by atoms with van der Waals surface area (Å²) in [6.07, 6.45) is 2.97. The topological polar surface area (TPSA) is 49.3 Å². The molecule has 0 saturated heterocycles. The number of thiophene rings is 1. The molecule has 0 radical (unpaired) electrons. The maximum Gasteiger partial charge on any atom is 0.323 e. The molecule has 3 nitrogen and oxygen atoms in total. The van der Waals surface area contributed by atoms with Gasteiger partial charge in [0.25, 0.3) is 0 Å². The molecular formula is C12H17NO2S. The fraction of sp³-hybridized carbons (Fsp3) is 0.583. The summed E-state index contributed by atoms with van der Waals surface area (Å²) in [6.45, 7) is 2.54. The molecule has 0 aliphatic heterocycles. The van der Waals surface area contributed by atoms with Gasteiger partial charge in [-0.2, -0.15) is 11.3 Å². The van der Waals surface area contributed by atoms with E-state index in [1.54, 1.807) is 18.3 Å². The van der Waals surface area contributed by atoms with Crippen LogP contribution in [0, 0.1) is 5.92 Å². The van der Waals surface area contributed by atoms with E-state index >= 15 is 0 Å². The first-order chi connectivity index (χ1) is 7.63. The Balaban J connectivity index is 1.85. The Morgan fingerprint density at radius 1 is 1.69 bits per heavy atom. The molecule has 1 saturated carbocycles. The number of aliphatic carboxylic acids is 1. The number of rotatable bonds is 6. The maximum absolute atomic E-state index is 11.2. The highest BCUT2D eigenvalue weighted by Crippen LogP contribution is 2.39. The minimum Gasteiger partial charge on any atom is -0.480 e. The number of hydrogen-bond donors (Lipinski definition) is 2. The molecule has 1 atom stereocenters. The van der Waals surface area contributed by atoms with Gasteiger partial charge in [-0.25, -0.2) is 0 Å². The third-order valence-electron chi connectivity index (χ3n) is 3.32. The van der Waals surface area contributed by atoms with Crippen LogP contribution < -0.4 is 5.32 Å². The zero-order valence-corrected chi connectivity index (χ0v) is 10.2. The number of hydrogen-bond acceptors (Lipinski definition) is 3. The molecule has 0 aromatic carbocycles. The van der Waals surface area contributed by atoms with Crippen LogP contribution in [0.15, 0.2) is 16.8 Å². The molecule has 2 rings (SSSR count). The lowest BCUT2D eigenvalue weighted by molar-refractivity contribution is -0.145. The Hall–Kier alpha value is -0.870. The predicted octanol–water partition coefficient (Wildman–Crippen LogP) is 2.13. The summed E-state index contributed by atoms with van der Waals surface area (Å²) in [5, 5.41) is 16.6. The Bertz CT molecular complexity index is 359. The Morgan fingerprint density at radius 2 is 2.44 bits per heavy atom.